The molecule has 0 aliphatic carbocycles. The molecule has 0 unspecified atom stereocenters. The van der Waals surface area contributed by atoms with E-state index >= 15 is 0 Å². The van der Waals surface area contributed by atoms with Crippen molar-refractivity contribution in [3.63, 3.8) is 0 Å². The fourth-order valence-corrected chi connectivity index (χ4v) is 2.26. The van der Waals surface area contributed by atoms with Gasteiger partial charge in [0.05, 0.1) is 5.69 Å². The summed E-state index contributed by atoms with van der Waals surface area (Å²) in [6, 6.07) is 23.4. The summed E-state index contributed by atoms with van der Waals surface area (Å²) in [6.45, 7) is 0. The summed E-state index contributed by atoms with van der Waals surface area (Å²) < 4.78 is 0. The normalized spacial score (nSPS) is 10.2. The molecule has 0 aliphatic rings. The highest BCUT2D eigenvalue weighted by atomic mass is 16.3. The summed E-state index contributed by atoms with van der Waals surface area (Å²) >= 11 is 0. The molecule has 3 rings (SSSR count). The fraction of sp³-hybridized carbons (Fsp3) is 0. The first kappa shape index (κ1) is 13.9. The van der Waals surface area contributed by atoms with Crippen LogP contribution in [0.5, 0.6) is 5.75 Å². The molecule has 0 atom stereocenters. The minimum absolute atomic E-state index is 0.0564. The van der Waals surface area contributed by atoms with Crippen molar-refractivity contribution in [2.24, 2.45) is 0 Å². The highest BCUT2D eigenvalue weighted by Gasteiger charge is 2.13. The molecule has 0 aromatic heterocycles. The first-order chi connectivity index (χ1) is 10.8. The Hall–Kier alpha value is -3.07. The molecule has 0 saturated heterocycles. The molecule has 0 spiro atoms. The maximum absolute atomic E-state index is 12.6. The van der Waals surface area contributed by atoms with E-state index in [4.69, 9.17) is 0 Å². The van der Waals surface area contributed by atoms with Crippen LogP contribution < -0.4 is 5.32 Å². The molecular formula is C19H15NO2. The number of carbonyl (C=O) groups excluding carboxylic acids is 1. The van der Waals surface area contributed by atoms with Crippen LogP contribution in [-0.4, -0.2) is 10.9 Å². The lowest BCUT2D eigenvalue weighted by Gasteiger charge is -2.12. The van der Waals surface area contributed by atoms with Crippen molar-refractivity contribution in [2.75, 3.05) is 5.32 Å². The van der Waals surface area contributed by atoms with Gasteiger partial charge >= 0.3 is 0 Å². The zero-order valence-electron chi connectivity index (χ0n) is 11.9. The van der Waals surface area contributed by atoms with Crippen LogP contribution in [0.1, 0.15) is 15.9 Å². The number of para-hydroxylation sites is 3. The van der Waals surface area contributed by atoms with Crippen molar-refractivity contribution >= 4 is 17.2 Å². The van der Waals surface area contributed by atoms with Gasteiger partial charge in [0.25, 0.3) is 0 Å². The van der Waals surface area contributed by atoms with Crippen molar-refractivity contribution in [3.05, 3.63) is 90.0 Å². The van der Waals surface area contributed by atoms with E-state index in [2.05, 4.69) is 5.32 Å². The lowest BCUT2D eigenvalue weighted by atomic mass is 10.0. The number of ketones is 1. The van der Waals surface area contributed by atoms with E-state index in [0.29, 0.717) is 22.5 Å². The lowest BCUT2D eigenvalue weighted by molar-refractivity contribution is 0.103. The number of anilines is 2. The molecular weight excluding hydrogens is 274 g/mol. The topological polar surface area (TPSA) is 49.3 Å². The second kappa shape index (κ2) is 6.14. The zero-order valence-corrected chi connectivity index (χ0v) is 11.9. The largest absolute Gasteiger partial charge is 0.506 e. The van der Waals surface area contributed by atoms with Crippen molar-refractivity contribution < 1.29 is 9.90 Å². The Kier molecular flexibility index (Phi) is 3.88. The van der Waals surface area contributed by atoms with Crippen molar-refractivity contribution in [1.29, 1.82) is 0 Å². The molecule has 0 fully saturated rings. The molecule has 22 heavy (non-hydrogen) atoms. The molecule has 0 radical (unpaired) electrons. The van der Waals surface area contributed by atoms with Crippen molar-refractivity contribution in [2.45, 2.75) is 0 Å². The van der Waals surface area contributed by atoms with Gasteiger partial charge in [0.2, 0.25) is 0 Å². The SMILES string of the molecule is O=C(c1ccccc1)c1ccccc1Nc1ccccc1O. The number of phenolic OH excluding ortho intramolecular Hbond substituents is 1. The summed E-state index contributed by atoms with van der Waals surface area (Å²) in [5.74, 6) is 0.0867. The molecule has 0 bridgehead atoms. The third-order valence-corrected chi connectivity index (χ3v) is 3.38. The van der Waals surface area contributed by atoms with Crippen LogP contribution in [0.25, 0.3) is 0 Å². The van der Waals surface area contributed by atoms with Crippen molar-refractivity contribution in [3.8, 4) is 5.75 Å². The van der Waals surface area contributed by atoms with Crippen LogP contribution in [0.15, 0.2) is 78.9 Å². The van der Waals surface area contributed by atoms with Crippen LogP contribution in [0.4, 0.5) is 11.4 Å². The number of aromatic hydroxyl groups is 1. The van der Waals surface area contributed by atoms with Gasteiger partial charge in [-0.2, -0.15) is 0 Å². The van der Waals surface area contributed by atoms with E-state index in [1.807, 2.05) is 42.5 Å². The number of carbonyl (C=O) groups is 1. The Morgan fingerprint density at radius 2 is 1.32 bits per heavy atom. The quantitative estimate of drug-likeness (QED) is 0.554. The van der Waals surface area contributed by atoms with E-state index in [1.54, 1.807) is 36.4 Å². The van der Waals surface area contributed by atoms with Crippen molar-refractivity contribution in [1.82, 2.24) is 0 Å². The molecule has 3 aromatic carbocycles. The summed E-state index contributed by atoms with van der Waals surface area (Å²) in [4.78, 5) is 12.6. The second-order valence-electron chi connectivity index (χ2n) is 4.88. The Bertz CT molecular complexity index is 797. The summed E-state index contributed by atoms with van der Waals surface area (Å²) in [5, 5.41) is 13.0. The zero-order chi connectivity index (χ0) is 15.4. The maximum Gasteiger partial charge on any atom is 0.195 e. The van der Waals surface area contributed by atoms with Gasteiger partial charge in [-0.1, -0.05) is 54.6 Å². The Morgan fingerprint density at radius 1 is 0.727 bits per heavy atom. The third kappa shape index (κ3) is 2.83. The van der Waals surface area contributed by atoms with Gasteiger partial charge < -0.3 is 10.4 Å². The van der Waals surface area contributed by atoms with Gasteiger partial charge in [-0.15, -0.1) is 0 Å². The van der Waals surface area contributed by atoms with Gasteiger partial charge in [0, 0.05) is 16.8 Å². The predicted molar refractivity (Wildman–Crippen MR) is 87.7 cm³/mol. The number of phenols is 1. The van der Waals surface area contributed by atoms with Crippen LogP contribution >= 0.6 is 0 Å². The number of benzene rings is 3. The maximum atomic E-state index is 12.6. The first-order valence-electron chi connectivity index (χ1n) is 6.99. The average molecular weight is 289 g/mol. The molecule has 0 heterocycles. The van der Waals surface area contributed by atoms with E-state index in [-0.39, 0.29) is 11.5 Å². The molecule has 3 nitrogen and oxygen atoms in total. The fourth-order valence-electron chi connectivity index (χ4n) is 2.26. The van der Waals surface area contributed by atoms with Gasteiger partial charge in [0.1, 0.15) is 5.75 Å². The van der Waals surface area contributed by atoms with E-state index in [9.17, 15) is 9.90 Å². The number of nitrogens with one attached hydrogen (secondary N) is 1. The predicted octanol–water partition coefficient (Wildman–Crippen LogP) is 4.37. The highest BCUT2D eigenvalue weighted by molar-refractivity contribution is 6.12. The van der Waals surface area contributed by atoms with E-state index in [1.165, 1.54) is 0 Å². The Morgan fingerprint density at radius 3 is 2.05 bits per heavy atom. The molecule has 0 aliphatic heterocycles. The summed E-state index contributed by atoms with van der Waals surface area (Å²) in [7, 11) is 0. The summed E-state index contributed by atoms with van der Waals surface area (Å²) in [5.41, 5.74) is 2.43. The minimum atomic E-state index is -0.0564. The second-order valence-corrected chi connectivity index (χ2v) is 4.88. The highest BCUT2D eigenvalue weighted by Crippen LogP contribution is 2.28. The average Bonchev–Trinajstić information content (AvgIpc) is 2.58. The monoisotopic (exact) mass is 289 g/mol. The van der Waals surface area contributed by atoms with Crippen LogP contribution in [0, 0.1) is 0 Å². The third-order valence-electron chi connectivity index (χ3n) is 3.38. The number of hydrogen-bond acceptors (Lipinski definition) is 3. The van der Waals surface area contributed by atoms with E-state index in [0.717, 1.165) is 0 Å². The molecule has 0 saturated carbocycles. The smallest absolute Gasteiger partial charge is 0.195 e. The Labute approximate surface area is 128 Å². The summed E-state index contributed by atoms with van der Waals surface area (Å²) in [6.07, 6.45) is 0. The molecule has 3 heteroatoms. The molecule has 108 valence electrons. The molecule has 0 amide bonds. The number of rotatable bonds is 4. The lowest BCUT2D eigenvalue weighted by Crippen LogP contribution is -2.05. The van der Waals surface area contributed by atoms with E-state index < -0.39 is 0 Å². The van der Waals surface area contributed by atoms with Gasteiger partial charge in [-0.25, -0.2) is 0 Å². The van der Waals surface area contributed by atoms with Crippen LogP contribution in [0.3, 0.4) is 0 Å². The minimum Gasteiger partial charge on any atom is -0.506 e. The molecule has 3 aromatic rings. The van der Waals surface area contributed by atoms with Gasteiger partial charge in [-0.05, 0) is 24.3 Å². The first-order valence-corrected chi connectivity index (χ1v) is 6.99. The van der Waals surface area contributed by atoms with Gasteiger partial charge in [0.15, 0.2) is 5.78 Å². The molecule has 2 N–H and O–H groups in total. The van der Waals surface area contributed by atoms with Crippen LogP contribution in [0.2, 0.25) is 0 Å². The standard InChI is InChI=1S/C19H15NO2/c21-18-13-7-6-12-17(18)20-16-11-5-4-10-15(16)19(22)14-8-2-1-3-9-14/h1-13,20-21H. The van der Waals surface area contributed by atoms with Crippen LogP contribution in [-0.2, 0) is 0 Å². The Balaban J connectivity index is 1.97. The van der Waals surface area contributed by atoms with Gasteiger partial charge in [-0.3, -0.25) is 4.79 Å². The number of hydrogen-bond donors (Lipinski definition) is 2.